The van der Waals surface area contributed by atoms with Crippen molar-refractivity contribution < 1.29 is 9.53 Å². The minimum atomic E-state index is -0.469. The zero-order chi connectivity index (χ0) is 21.5. The summed E-state index contributed by atoms with van der Waals surface area (Å²) >= 11 is 0. The maximum Gasteiger partial charge on any atom is 0.266 e. The lowest BCUT2D eigenvalue weighted by molar-refractivity contribution is -0.112. The topological polar surface area (TPSA) is 75.0 Å². The summed E-state index contributed by atoms with van der Waals surface area (Å²) < 4.78 is 5.77. The SMILES string of the molecule is N#CC(=Cc1ccc(OCc2ccccc2)cc1)C(=O)Nc1cccc2ncccc12. The van der Waals surface area contributed by atoms with E-state index in [2.05, 4.69) is 10.3 Å². The van der Waals surface area contributed by atoms with Crippen LogP contribution in [-0.2, 0) is 11.4 Å². The average Bonchev–Trinajstić information content (AvgIpc) is 2.83. The Labute approximate surface area is 180 Å². The van der Waals surface area contributed by atoms with Gasteiger partial charge < -0.3 is 10.1 Å². The van der Waals surface area contributed by atoms with E-state index >= 15 is 0 Å². The average molecular weight is 405 g/mol. The van der Waals surface area contributed by atoms with Crippen LogP contribution in [0, 0.1) is 11.3 Å². The molecule has 0 radical (unpaired) electrons. The first kappa shape index (κ1) is 19.9. The van der Waals surface area contributed by atoms with Gasteiger partial charge in [-0.3, -0.25) is 9.78 Å². The molecule has 0 bridgehead atoms. The van der Waals surface area contributed by atoms with Crippen molar-refractivity contribution >= 4 is 28.6 Å². The van der Waals surface area contributed by atoms with E-state index in [0.717, 1.165) is 22.0 Å². The van der Waals surface area contributed by atoms with Gasteiger partial charge in [0.25, 0.3) is 5.91 Å². The Bertz CT molecular complexity index is 1270. The van der Waals surface area contributed by atoms with Gasteiger partial charge in [-0.05, 0) is 53.6 Å². The maximum absolute atomic E-state index is 12.7. The molecule has 5 heteroatoms. The third kappa shape index (κ3) is 4.95. The molecule has 0 fully saturated rings. The van der Waals surface area contributed by atoms with Crippen molar-refractivity contribution in [3.05, 3.63) is 108 Å². The van der Waals surface area contributed by atoms with Crippen molar-refractivity contribution in [1.29, 1.82) is 5.26 Å². The molecule has 0 atom stereocenters. The lowest BCUT2D eigenvalue weighted by Crippen LogP contribution is -2.13. The highest BCUT2D eigenvalue weighted by molar-refractivity contribution is 6.12. The molecule has 0 aliphatic heterocycles. The number of benzene rings is 3. The van der Waals surface area contributed by atoms with E-state index in [-0.39, 0.29) is 5.57 Å². The van der Waals surface area contributed by atoms with E-state index in [9.17, 15) is 10.1 Å². The van der Waals surface area contributed by atoms with Crippen molar-refractivity contribution in [2.24, 2.45) is 0 Å². The molecule has 4 aromatic rings. The van der Waals surface area contributed by atoms with E-state index in [0.29, 0.717) is 18.0 Å². The Balaban J connectivity index is 1.46. The summed E-state index contributed by atoms with van der Waals surface area (Å²) in [5, 5.41) is 13.1. The van der Waals surface area contributed by atoms with Crippen molar-refractivity contribution in [2.75, 3.05) is 5.32 Å². The highest BCUT2D eigenvalue weighted by atomic mass is 16.5. The van der Waals surface area contributed by atoms with Crippen LogP contribution in [0.5, 0.6) is 5.75 Å². The number of carbonyl (C=O) groups is 1. The number of anilines is 1. The molecule has 31 heavy (non-hydrogen) atoms. The van der Waals surface area contributed by atoms with Gasteiger partial charge in [0.1, 0.15) is 24.0 Å². The number of amides is 1. The second-order valence-electron chi connectivity index (χ2n) is 6.84. The zero-order valence-corrected chi connectivity index (χ0v) is 16.7. The van der Waals surface area contributed by atoms with Crippen molar-refractivity contribution in [3.63, 3.8) is 0 Å². The summed E-state index contributed by atoms with van der Waals surface area (Å²) in [6.07, 6.45) is 3.25. The quantitative estimate of drug-likeness (QED) is 0.346. The number of hydrogen-bond acceptors (Lipinski definition) is 4. The smallest absolute Gasteiger partial charge is 0.266 e. The van der Waals surface area contributed by atoms with Gasteiger partial charge in [-0.1, -0.05) is 48.5 Å². The lowest BCUT2D eigenvalue weighted by atomic mass is 10.1. The van der Waals surface area contributed by atoms with Gasteiger partial charge in [-0.15, -0.1) is 0 Å². The van der Waals surface area contributed by atoms with Crippen LogP contribution in [0.3, 0.4) is 0 Å². The summed E-state index contributed by atoms with van der Waals surface area (Å²) in [6, 6.07) is 28.3. The third-order valence-electron chi connectivity index (χ3n) is 4.70. The van der Waals surface area contributed by atoms with E-state index in [1.54, 1.807) is 24.4 Å². The van der Waals surface area contributed by atoms with Gasteiger partial charge in [0.05, 0.1) is 11.2 Å². The molecule has 4 rings (SSSR count). The molecule has 1 aromatic heterocycles. The Morgan fingerprint density at radius 1 is 0.968 bits per heavy atom. The Hall–Kier alpha value is -4.43. The molecular formula is C26H19N3O2. The van der Waals surface area contributed by atoms with Gasteiger partial charge in [0.15, 0.2) is 0 Å². The van der Waals surface area contributed by atoms with Gasteiger partial charge >= 0.3 is 0 Å². The number of nitriles is 1. The summed E-state index contributed by atoms with van der Waals surface area (Å²) in [5.74, 6) is 0.246. The van der Waals surface area contributed by atoms with Gasteiger partial charge in [-0.25, -0.2) is 0 Å². The van der Waals surface area contributed by atoms with E-state index in [4.69, 9.17) is 4.74 Å². The predicted molar refractivity (Wildman–Crippen MR) is 121 cm³/mol. The lowest BCUT2D eigenvalue weighted by Gasteiger charge is -2.08. The fourth-order valence-electron chi connectivity index (χ4n) is 3.12. The minimum absolute atomic E-state index is 0.0128. The molecule has 3 aromatic carbocycles. The van der Waals surface area contributed by atoms with E-state index < -0.39 is 5.91 Å². The molecule has 1 N–H and O–H groups in total. The summed E-state index contributed by atoms with van der Waals surface area (Å²) in [4.78, 5) is 17.0. The van der Waals surface area contributed by atoms with Gasteiger partial charge in [0.2, 0.25) is 0 Å². The van der Waals surface area contributed by atoms with Crippen molar-refractivity contribution in [1.82, 2.24) is 4.98 Å². The molecule has 0 aliphatic carbocycles. The van der Waals surface area contributed by atoms with Crippen LogP contribution in [0.4, 0.5) is 5.69 Å². The van der Waals surface area contributed by atoms with Crippen LogP contribution in [0.2, 0.25) is 0 Å². The Morgan fingerprint density at radius 3 is 2.55 bits per heavy atom. The normalized spacial score (nSPS) is 11.0. The number of aromatic nitrogens is 1. The van der Waals surface area contributed by atoms with Gasteiger partial charge in [0, 0.05) is 11.6 Å². The van der Waals surface area contributed by atoms with E-state index in [1.807, 2.05) is 78.9 Å². The molecule has 0 saturated heterocycles. The second kappa shape index (κ2) is 9.38. The number of pyridine rings is 1. The molecule has 0 saturated carbocycles. The van der Waals surface area contributed by atoms with Crippen molar-refractivity contribution in [3.8, 4) is 11.8 Å². The maximum atomic E-state index is 12.7. The molecule has 150 valence electrons. The molecule has 5 nitrogen and oxygen atoms in total. The number of ether oxygens (including phenoxy) is 1. The number of carbonyl (C=O) groups excluding carboxylic acids is 1. The number of fused-ring (bicyclic) bond motifs is 1. The molecule has 0 aliphatic rings. The first-order valence-corrected chi connectivity index (χ1v) is 9.76. The summed E-state index contributed by atoms with van der Waals surface area (Å²) in [6.45, 7) is 0.474. The van der Waals surface area contributed by atoms with Crippen LogP contribution in [0.15, 0.2) is 96.7 Å². The minimum Gasteiger partial charge on any atom is -0.489 e. The van der Waals surface area contributed by atoms with Gasteiger partial charge in [-0.2, -0.15) is 5.26 Å². The van der Waals surface area contributed by atoms with Crippen molar-refractivity contribution in [2.45, 2.75) is 6.61 Å². The third-order valence-corrected chi connectivity index (χ3v) is 4.70. The zero-order valence-electron chi connectivity index (χ0n) is 16.7. The molecule has 1 heterocycles. The first-order valence-electron chi connectivity index (χ1n) is 9.76. The number of rotatable bonds is 6. The standard InChI is InChI=1S/C26H19N3O2/c27-17-21(26(30)29-25-10-4-9-24-23(25)8-5-15-28-24)16-19-11-13-22(14-12-19)31-18-20-6-2-1-3-7-20/h1-16H,18H2,(H,29,30). The van der Waals surface area contributed by atoms with Crippen LogP contribution in [0.1, 0.15) is 11.1 Å². The number of nitrogens with one attached hydrogen (secondary N) is 1. The Kier molecular flexibility index (Phi) is 6.01. The molecular weight excluding hydrogens is 386 g/mol. The van der Waals surface area contributed by atoms with Crippen LogP contribution in [0.25, 0.3) is 17.0 Å². The summed E-state index contributed by atoms with van der Waals surface area (Å²) in [5.41, 5.74) is 3.21. The van der Waals surface area contributed by atoms with E-state index in [1.165, 1.54) is 0 Å². The number of hydrogen-bond donors (Lipinski definition) is 1. The number of nitrogens with zero attached hydrogens (tertiary/aromatic N) is 2. The second-order valence-corrected chi connectivity index (χ2v) is 6.84. The van der Waals surface area contributed by atoms with Crippen LogP contribution >= 0.6 is 0 Å². The fourth-order valence-corrected chi connectivity index (χ4v) is 3.12. The predicted octanol–water partition coefficient (Wildman–Crippen LogP) is 5.36. The van der Waals surface area contributed by atoms with Crippen LogP contribution in [-0.4, -0.2) is 10.9 Å². The van der Waals surface area contributed by atoms with Crippen LogP contribution < -0.4 is 10.1 Å². The highest BCUT2D eigenvalue weighted by Gasteiger charge is 2.11. The highest BCUT2D eigenvalue weighted by Crippen LogP contribution is 2.22. The Morgan fingerprint density at radius 2 is 1.77 bits per heavy atom. The largest absolute Gasteiger partial charge is 0.489 e. The molecule has 0 unspecified atom stereocenters. The fraction of sp³-hybridized carbons (Fsp3) is 0.0385. The molecule has 0 spiro atoms. The first-order chi connectivity index (χ1) is 15.2. The summed E-state index contributed by atoms with van der Waals surface area (Å²) in [7, 11) is 0. The monoisotopic (exact) mass is 405 g/mol. The molecule has 1 amide bonds.